The highest BCUT2D eigenvalue weighted by molar-refractivity contribution is 8.15. The zero-order valence-electron chi connectivity index (χ0n) is 17.7. The Morgan fingerprint density at radius 2 is 1.97 bits per heavy atom. The van der Waals surface area contributed by atoms with E-state index >= 15 is 0 Å². The summed E-state index contributed by atoms with van der Waals surface area (Å²) >= 11 is 1.20. The lowest BCUT2D eigenvalue weighted by Gasteiger charge is -2.15. The fourth-order valence-electron chi connectivity index (χ4n) is 2.98. The number of rotatable bonds is 7. The van der Waals surface area contributed by atoms with Crippen LogP contribution >= 0.6 is 11.8 Å². The number of benzene rings is 2. The van der Waals surface area contributed by atoms with Gasteiger partial charge in [0.2, 0.25) is 5.91 Å². The van der Waals surface area contributed by atoms with Gasteiger partial charge in [-0.15, -0.1) is 0 Å². The minimum atomic E-state index is -0.847. The number of carbonyl (C=O) groups excluding carboxylic acids is 2. The molecule has 2 aromatic rings. The van der Waals surface area contributed by atoms with Crippen LogP contribution in [-0.2, 0) is 14.3 Å². The summed E-state index contributed by atoms with van der Waals surface area (Å²) in [5.41, 5.74) is 1.87. The molecule has 0 bridgehead atoms. The molecule has 1 aliphatic rings. The number of anilines is 2. The average Bonchev–Trinajstić information content (AvgIpc) is 2.92. The molecule has 0 fully saturated rings. The molecule has 32 heavy (non-hydrogen) atoms. The van der Waals surface area contributed by atoms with Gasteiger partial charge in [-0.05, 0) is 43.7 Å². The van der Waals surface area contributed by atoms with Gasteiger partial charge in [-0.25, -0.2) is 13.8 Å². The maximum absolute atomic E-state index is 13.9. The second-order valence-corrected chi connectivity index (χ2v) is 8.09. The van der Waals surface area contributed by atoms with Gasteiger partial charge in [-0.3, -0.25) is 9.59 Å². The van der Waals surface area contributed by atoms with Crippen LogP contribution in [0.15, 0.2) is 59.2 Å². The highest BCUT2D eigenvalue weighted by atomic mass is 32.2. The largest absolute Gasteiger partial charge is 0.466 e. The molecule has 0 unspecified atom stereocenters. The van der Waals surface area contributed by atoms with Gasteiger partial charge < -0.3 is 15.4 Å². The van der Waals surface area contributed by atoms with E-state index in [1.165, 1.54) is 17.8 Å². The van der Waals surface area contributed by atoms with Crippen LogP contribution < -0.4 is 10.6 Å². The van der Waals surface area contributed by atoms with Crippen LogP contribution in [0.2, 0.25) is 0 Å². The molecule has 3 rings (SSSR count). The van der Waals surface area contributed by atoms with Crippen molar-refractivity contribution < 1.29 is 23.1 Å². The molecule has 1 atom stereocenters. The van der Waals surface area contributed by atoms with Crippen molar-refractivity contribution in [1.29, 1.82) is 0 Å². The SMILES string of the molecule is CCOC(=O)CC1=CC(S[C@@H](CC)C(=O)Nc2ccc(F)cc2F)=Nc2ccccc2N1. The first-order chi connectivity index (χ1) is 15.4. The number of esters is 1. The molecule has 0 saturated heterocycles. The molecule has 0 aromatic heterocycles. The number of hydrogen-bond acceptors (Lipinski definition) is 6. The zero-order chi connectivity index (χ0) is 23.1. The lowest BCUT2D eigenvalue weighted by molar-refractivity contribution is -0.142. The fraction of sp³-hybridized carbons (Fsp3) is 0.261. The van der Waals surface area contributed by atoms with Gasteiger partial charge in [0.25, 0.3) is 0 Å². The second kappa shape index (κ2) is 10.9. The smallest absolute Gasteiger partial charge is 0.311 e. The number of thioether (sulfide) groups is 1. The van der Waals surface area contributed by atoms with Gasteiger partial charge in [-0.1, -0.05) is 30.8 Å². The van der Waals surface area contributed by atoms with E-state index in [0.29, 0.717) is 28.9 Å². The average molecular weight is 460 g/mol. The summed E-state index contributed by atoms with van der Waals surface area (Å²) in [5.74, 6) is -2.39. The Kier molecular flexibility index (Phi) is 7.99. The third kappa shape index (κ3) is 6.16. The van der Waals surface area contributed by atoms with Crippen molar-refractivity contribution in [1.82, 2.24) is 0 Å². The first kappa shape index (κ1) is 23.5. The highest BCUT2D eigenvalue weighted by Gasteiger charge is 2.23. The van der Waals surface area contributed by atoms with Gasteiger partial charge in [-0.2, -0.15) is 0 Å². The fourth-order valence-corrected chi connectivity index (χ4v) is 3.97. The molecule has 0 radical (unpaired) electrons. The summed E-state index contributed by atoms with van der Waals surface area (Å²) in [5, 5.41) is 5.63. The van der Waals surface area contributed by atoms with Crippen molar-refractivity contribution >= 4 is 45.7 Å². The number of hydrogen-bond donors (Lipinski definition) is 2. The quantitative estimate of drug-likeness (QED) is 0.542. The zero-order valence-corrected chi connectivity index (χ0v) is 18.5. The maximum atomic E-state index is 13.9. The predicted molar refractivity (Wildman–Crippen MR) is 123 cm³/mol. The molecular formula is C23H23F2N3O3S. The number of nitrogens with one attached hydrogen (secondary N) is 2. The Labute approximate surface area is 189 Å². The summed E-state index contributed by atoms with van der Waals surface area (Å²) in [6.45, 7) is 3.83. The Bertz CT molecular complexity index is 1070. The number of aliphatic imine (C=N–C) groups is 1. The van der Waals surface area contributed by atoms with Crippen LogP contribution in [0.4, 0.5) is 25.8 Å². The Morgan fingerprint density at radius 1 is 1.19 bits per heavy atom. The molecule has 0 saturated carbocycles. The summed E-state index contributed by atoms with van der Waals surface area (Å²) in [7, 11) is 0. The second-order valence-electron chi connectivity index (χ2n) is 6.87. The standard InChI is InChI=1S/C23H23F2N3O3S/c1-3-20(23(30)28-17-10-9-14(24)11-16(17)25)32-21-12-15(13-22(29)31-4-2)26-18-7-5-6-8-19(18)27-21/h5-12,20,26H,3-4,13H2,1-2H3,(H,28,30)/t20-/m0/s1. The third-order valence-electron chi connectivity index (χ3n) is 4.48. The summed E-state index contributed by atoms with van der Waals surface area (Å²) in [4.78, 5) is 29.4. The number of carbonyl (C=O) groups is 2. The normalized spacial score (nSPS) is 13.6. The van der Waals surface area contributed by atoms with Crippen molar-refractivity contribution in [3.63, 3.8) is 0 Å². The third-order valence-corrected chi connectivity index (χ3v) is 5.77. The predicted octanol–water partition coefficient (Wildman–Crippen LogP) is 5.41. The van der Waals surface area contributed by atoms with Gasteiger partial charge in [0, 0.05) is 11.8 Å². The molecule has 0 aliphatic carbocycles. The van der Waals surface area contributed by atoms with Gasteiger partial charge in [0.15, 0.2) is 0 Å². The Balaban J connectivity index is 1.82. The van der Waals surface area contributed by atoms with Gasteiger partial charge >= 0.3 is 5.97 Å². The minimum absolute atomic E-state index is 0.0194. The first-order valence-electron chi connectivity index (χ1n) is 10.1. The number of ether oxygens (including phenoxy) is 1. The van der Waals surface area contributed by atoms with Crippen molar-refractivity contribution in [2.24, 2.45) is 4.99 Å². The van der Waals surface area contributed by atoms with E-state index in [9.17, 15) is 18.4 Å². The summed E-state index contributed by atoms with van der Waals surface area (Å²) in [6, 6.07) is 10.3. The van der Waals surface area contributed by atoms with E-state index in [1.807, 2.05) is 31.2 Å². The van der Waals surface area contributed by atoms with Gasteiger partial charge in [0.05, 0.1) is 40.4 Å². The molecule has 9 heteroatoms. The molecule has 0 spiro atoms. The number of amides is 1. The van der Waals surface area contributed by atoms with Gasteiger partial charge in [0.1, 0.15) is 11.6 Å². The first-order valence-corrected chi connectivity index (χ1v) is 11.0. The Hall–Kier alpha value is -3.20. The van der Waals surface area contributed by atoms with E-state index in [2.05, 4.69) is 15.6 Å². The topological polar surface area (TPSA) is 79.8 Å². The lowest BCUT2D eigenvalue weighted by Crippen LogP contribution is -2.26. The van der Waals surface area contributed by atoms with Crippen LogP contribution in [0.25, 0.3) is 0 Å². The van der Waals surface area contributed by atoms with Crippen LogP contribution in [0, 0.1) is 11.6 Å². The summed E-state index contributed by atoms with van der Waals surface area (Å²) in [6.07, 6.45) is 2.16. The monoisotopic (exact) mass is 459 g/mol. The number of fused-ring (bicyclic) bond motifs is 1. The molecule has 168 valence electrons. The van der Waals surface area contributed by atoms with Crippen LogP contribution in [0.1, 0.15) is 26.7 Å². The summed E-state index contributed by atoms with van der Waals surface area (Å²) < 4.78 is 32.1. The molecule has 1 amide bonds. The number of para-hydroxylation sites is 2. The van der Waals surface area contributed by atoms with Crippen molar-refractivity contribution in [3.8, 4) is 0 Å². The number of nitrogens with zero attached hydrogens (tertiary/aromatic N) is 1. The lowest BCUT2D eigenvalue weighted by atomic mass is 10.2. The van der Waals surface area contributed by atoms with E-state index in [-0.39, 0.29) is 24.7 Å². The maximum Gasteiger partial charge on any atom is 0.311 e. The molecule has 2 aromatic carbocycles. The minimum Gasteiger partial charge on any atom is -0.466 e. The van der Waals surface area contributed by atoms with E-state index in [1.54, 1.807) is 13.0 Å². The molecule has 1 heterocycles. The van der Waals surface area contributed by atoms with Crippen molar-refractivity contribution in [2.75, 3.05) is 17.2 Å². The Morgan fingerprint density at radius 3 is 2.69 bits per heavy atom. The van der Waals surface area contributed by atoms with Crippen LogP contribution in [0.5, 0.6) is 0 Å². The van der Waals surface area contributed by atoms with E-state index < -0.39 is 22.8 Å². The van der Waals surface area contributed by atoms with Crippen molar-refractivity contribution in [3.05, 3.63) is 65.9 Å². The van der Waals surface area contributed by atoms with Crippen LogP contribution in [-0.4, -0.2) is 28.8 Å². The molecule has 1 aliphatic heterocycles. The van der Waals surface area contributed by atoms with Crippen molar-refractivity contribution in [2.45, 2.75) is 31.9 Å². The number of halogens is 2. The van der Waals surface area contributed by atoms with E-state index in [0.717, 1.165) is 11.8 Å². The van der Waals surface area contributed by atoms with Crippen LogP contribution in [0.3, 0.4) is 0 Å². The van der Waals surface area contributed by atoms with E-state index in [4.69, 9.17) is 4.74 Å². The highest BCUT2D eigenvalue weighted by Crippen LogP contribution is 2.32. The molecule has 2 N–H and O–H groups in total. The molecule has 6 nitrogen and oxygen atoms in total. The molecular weight excluding hydrogens is 436 g/mol.